The van der Waals surface area contributed by atoms with Crippen LogP contribution in [0.4, 0.5) is 0 Å². The van der Waals surface area contributed by atoms with Crippen LogP contribution in [0.25, 0.3) is 0 Å². The smallest absolute Gasteiger partial charge is 0.306 e. The fourth-order valence-corrected chi connectivity index (χ4v) is 3.85. The van der Waals surface area contributed by atoms with Crippen LogP contribution in [0.2, 0.25) is 0 Å². The summed E-state index contributed by atoms with van der Waals surface area (Å²) in [5.74, 6) is -2.23. The Bertz CT molecular complexity index is 819. The van der Waals surface area contributed by atoms with Crippen molar-refractivity contribution in [1.82, 2.24) is 4.90 Å². The second-order valence-corrected chi connectivity index (χ2v) is 10.6. The van der Waals surface area contributed by atoms with Crippen molar-refractivity contribution in [2.24, 2.45) is 0 Å². The van der Waals surface area contributed by atoms with E-state index in [2.05, 4.69) is 43.4 Å². The quantitative estimate of drug-likeness (QED) is 0.0488. The Morgan fingerprint density at radius 3 is 1.76 bits per heavy atom. The number of hydrogen-bond acceptors (Lipinski definition) is 8. The molecule has 0 aromatic rings. The van der Waals surface area contributed by atoms with E-state index in [0.717, 1.165) is 57.9 Å². The third-order valence-electron chi connectivity index (χ3n) is 6.20. The summed E-state index contributed by atoms with van der Waals surface area (Å²) >= 11 is 0. The molecule has 1 atom stereocenters. The van der Waals surface area contributed by atoms with Crippen LogP contribution in [0.1, 0.15) is 110 Å². The predicted molar refractivity (Wildman–Crippen MR) is 165 cm³/mol. The van der Waals surface area contributed by atoms with E-state index in [4.69, 9.17) is 19.3 Å². The van der Waals surface area contributed by atoms with Crippen molar-refractivity contribution in [2.45, 2.75) is 116 Å². The normalized spacial score (nSPS) is 12.4. The van der Waals surface area contributed by atoms with Crippen LogP contribution in [0.5, 0.6) is 0 Å². The highest BCUT2D eigenvalue weighted by molar-refractivity contribution is 5.71. The molecule has 9 heteroatoms. The minimum absolute atomic E-state index is 0.0101. The number of nitrogens with zero attached hydrogens (tertiary/aromatic N) is 1. The van der Waals surface area contributed by atoms with E-state index in [0.29, 0.717) is 25.7 Å². The summed E-state index contributed by atoms with van der Waals surface area (Å²) in [6.45, 7) is 2.48. The van der Waals surface area contributed by atoms with Gasteiger partial charge in [0.2, 0.25) is 0 Å². The minimum atomic E-state index is -0.912. The van der Waals surface area contributed by atoms with Gasteiger partial charge in [0.1, 0.15) is 13.2 Å². The first-order valence-corrected chi connectivity index (χ1v) is 15.6. The first kappa shape index (κ1) is 39.1. The fraction of sp³-hybridized carbons (Fsp3) is 0.697. The first-order valence-electron chi connectivity index (χ1n) is 15.6. The highest BCUT2D eigenvalue weighted by Gasteiger charge is 2.19. The maximum atomic E-state index is 12.4. The molecule has 9 nitrogen and oxygen atoms in total. The molecular weight excluding hydrogens is 538 g/mol. The number of aliphatic carboxylic acids is 1. The molecule has 0 amide bonds. The van der Waals surface area contributed by atoms with Crippen molar-refractivity contribution in [3.05, 3.63) is 36.5 Å². The van der Waals surface area contributed by atoms with E-state index in [1.54, 1.807) is 0 Å². The second kappa shape index (κ2) is 28.2. The van der Waals surface area contributed by atoms with Crippen LogP contribution < -0.4 is 0 Å². The summed E-state index contributed by atoms with van der Waals surface area (Å²) in [5.41, 5.74) is 0. The number of carboxylic acids is 1. The van der Waals surface area contributed by atoms with Gasteiger partial charge in [0.25, 0.3) is 0 Å². The molecule has 1 N–H and O–H groups in total. The lowest BCUT2D eigenvalue weighted by molar-refractivity contribution is -0.167. The summed E-state index contributed by atoms with van der Waals surface area (Å²) in [5, 5.41) is 8.69. The van der Waals surface area contributed by atoms with Gasteiger partial charge in [-0.25, -0.2) is 0 Å². The number of rotatable bonds is 27. The van der Waals surface area contributed by atoms with E-state index in [9.17, 15) is 19.2 Å². The molecule has 0 heterocycles. The van der Waals surface area contributed by atoms with Crippen LogP contribution in [-0.2, 0) is 33.4 Å². The van der Waals surface area contributed by atoms with Crippen molar-refractivity contribution in [3.63, 3.8) is 0 Å². The van der Waals surface area contributed by atoms with E-state index in [1.807, 2.05) is 19.0 Å². The molecular formula is C33H55NO8. The zero-order valence-electron chi connectivity index (χ0n) is 26.2. The molecule has 240 valence electrons. The summed E-state index contributed by atoms with van der Waals surface area (Å²) in [7, 11) is 3.84. The number of esters is 3. The van der Waals surface area contributed by atoms with E-state index in [-0.39, 0.29) is 38.9 Å². The van der Waals surface area contributed by atoms with Crippen molar-refractivity contribution in [3.8, 4) is 0 Å². The summed E-state index contributed by atoms with van der Waals surface area (Å²) in [4.78, 5) is 49.1. The molecule has 0 saturated carbocycles. The number of hydrogen-bond donors (Lipinski definition) is 1. The van der Waals surface area contributed by atoms with E-state index < -0.39 is 30.0 Å². The third kappa shape index (κ3) is 28.6. The zero-order chi connectivity index (χ0) is 31.3. The van der Waals surface area contributed by atoms with Gasteiger partial charge in [-0.3, -0.25) is 19.2 Å². The number of unbranched alkanes of at least 4 members (excludes halogenated alkanes) is 6. The van der Waals surface area contributed by atoms with E-state index >= 15 is 0 Å². The Hall–Kier alpha value is -2.94. The van der Waals surface area contributed by atoms with Gasteiger partial charge in [-0.1, -0.05) is 62.6 Å². The SMILES string of the molecule is CC/C=C\C/C=C\C/C=C\CCCCCCCC(=O)OC(COC(=O)CCCCC(=O)O)COC(=O)CCCN(C)C. The summed E-state index contributed by atoms with van der Waals surface area (Å²) in [6.07, 6.45) is 23.2. The molecule has 0 aliphatic carbocycles. The molecule has 42 heavy (non-hydrogen) atoms. The van der Waals surface area contributed by atoms with Gasteiger partial charge in [0.15, 0.2) is 6.10 Å². The third-order valence-corrected chi connectivity index (χ3v) is 6.20. The van der Waals surface area contributed by atoms with Gasteiger partial charge in [-0.2, -0.15) is 0 Å². The Balaban J connectivity index is 4.29. The van der Waals surface area contributed by atoms with Gasteiger partial charge in [0.05, 0.1) is 0 Å². The average molecular weight is 594 g/mol. The van der Waals surface area contributed by atoms with Crippen LogP contribution in [0, 0.1) is 0 Å². The standard InChI is InChI=1S/C33H55NO8/c1-4-5-6-7-8-9-10-11-12-13-14-15-16-17-18-24-33(39)42-29(28-41-32(38)25-21-26-34(2)3)27-40-31(37)23-20-19-22-30(35)36/h5-6,8-9,11-12,29H,4,7,10,13-28H2,1-3H3,(H,35,36)/b6-5-,9-8-,12-11-. The zero-order valence-corrected chi connectivity index (χ0v) is 26.2. The number of allylic oxidation sites excluding steroid dienone is 6. The van der Waals surface area contributed by atoms with Crippen molar-refractivity contribution in [2.75, 3.05) is 33.9 Å². The Morgan fingerprint density at radius 2 is 1.14 bits per heavy atom. The fourth-order valence-electron chi connectivity index (χ4n) is 3.85. The lowest BCUT2D eigenvalue weighted by Crippen LogP contribution is -2.31. The maximum absolute atomic E-state index is 12.4. The predicted octanol–water partition coefficient (Wildman–Crippen LogP) is 6.56. The van der Waals surface area contributed by atoms with Gasteiger partial charge in [-0.15, -0.1) is 0 Å². The van der Waals surface area contributed by atoms with Crippen LogP contribution in [-0.4, -0.2) is 73.8 Å². The summed E-state index contributed by atoms with van der Waals surface area (Å²) in [6, 6.07) is 0. The minimum Gasteiger partial charge on any atom is -0.481 e. The number of carbonyl (C=O) groups is 4. The van der Waals surface area contributed by atoms with Crippen molar-refractivity contribution >= 4 is 23.9 Å². The van der Waals surface area contributed by atoms with Crippen LogP contribution >= 0.6 is 0 Å². The molecule has 1 unspecified atom stereocenters. The Morgan fingerprint density at radius 1 is 0.643 bits per heavy atom. The van der Waals surface area contributed by atoms with Gasteiger partial charge in [0, 0.05) is 25.7 Å². The lowest BCUT2D eigenvalue weighted by atomic mass is 10.1. The van der Waals surface area contributed by atoms with Gasteiger partial charge >= 0.3 is 23.9 Å². The maximum Gasteiger partial charge on any atom is 0.306 e. The molecule has 0 bridgehead atoms. The first-order chi connectivity index (χ1) is 20.2. The summed E-state index contributed by atoms with van der Waals surface area (Å²) < 4.78 is 16.0. The van der Waals surface area contributed by atoms with Gasteiger partial charge < -0.3 is 24.2 Å². The molecule has 0 radical (unpaired) electrons. The molecule has 0 fully saturated rings. The number of carboxylic acid groups (broad SMARTS) is 1. The number of ether oxygens (including phenoxy) is 3. The second-order valence-electron chi connectivity index (χ2n) is 10.6. The van der Waals surface area contributed by atoms with Crippen LogP contribution in [0.3, 0.4) is 0 Å². The van der Waals surface area contributed by atoms with Crippen molar-refractivity contribution < 1.29 is 38.5 Å². The molecule has 0 rings (SSSR count). The monoisotopic (exact) mass is 593 g/mol. The molecule has 0 aliphatic rings. The van der Waals surface area contributed by atoms with Crippen LogP contribution in [0.15, 0.2) is 36.5 Å². The van der Waals surface area contributed by atoms with E-state index in [1.165, 1.54) is 0 Å². The molecule has 0 aliphatic heterocycles. The highest BCUT2D eigenvalue weighted by atomic mass is 16.6. The number of carbonyl (C=O) groups excluding carboxylic acids is 3. The Labute approximate surface area is 253 Å². The molecule has 0 aromatic heterocycles. The van der Waals surface area contributed by atoms with Crippen molar-refractivity contribution in [1.29, 1.82) is 0 Å². The Kier molecular flexibility index (Phi) is 26.2. The average Bonchev–Trinajstić information content (AvgIpc) is 2.94. The topological polar surface area (TPSA) is 119 Å². The van der Waals surface area contributed by atoms with Gasteiger partial charge in [-0.05, 0) is 78.4 Å². The highest BCUT2D eigenvalue weighted by Crippen LogP contribution is 2.10. The molecule has 0 saturated heterocycles. The molecule has 0 aromatic carbocycles. The molecule has 0 spiro atoms. The lowest BCUT2D eigenvalue weighted by Gasteiger charge is -2.18. The largest absolute Gasteiger partial charge is 0.481 e.